The summed E-state index contributed by atoms with van der Waals surface area (Å²) in [5.74, 6) is 0.951. The molecule has 1 N–H and O–H groups in total. The third-order valence-electron chi connectivity index (χ3n) is 4.01. The fourth-order valence-electron chi connectivity index (χ4n) is 2.47. The predicted molar refractivity (Wildman–Crippen MR) is 92.3 cm³/mol. The van der Waals surface area contributed by atoms with Gasteiger partial charge in [0.1, 0.15) is 18.4 Å². The number of aryl methyl sites for hydroxylation is 1. The molecule has 3 rings (SSSR count). The maximum Gasteiger partial charge on any atom is 0.239 e. The maximum atomic E-state index is 12.1. The number of nitrogens with one attached hydrogen (secondary N) is 1. The molecule has 2 heterocycles. The molecule has 1 amide bonds. The van der Waals surface area contributed by atoms with Gasteiger partial charge < -0.3 is 9.84 Å². The molecule has 8 nitrogen and oxygen atoms in total. The standard InChI is InChI=1S/C17H20N6O2/c1-12-8-16(21-25-12)20-17(24)9-22(3)13(2)14-4-6-15(7-5-14)23-11-18-10-19-23/h4-8,10-11,13H,9H2,1-3H3,(H,20,21,24)/t13-/m1/s1. The van der Waals surface area contributed by atoms with Crippen LogP contribution in [0, 0.1) is 6.92 Å². The Labute approximate surface area is 145 Å². The molecule has 0 saturated carbocycles. The lowest BCUT2D eigenvalue weighted by Gasteiger charge is -2.24. The number of aromatic nitrogens is 4. The lowest BCUT2D eigenvalue weighted by molar-refractivity contribution is -0.117. The Hall–Kier alpha value is -3.00. The van der Waals surface area contributed by atoms with Gasteiger partial charge in [-0.1, -0.05) is 17.3 Å². The van der Waals surface area contributed by atoms with Crippen LogP contribution >= 0.6 is 0 Å². The Morgan fingerprint density at radius 2 is 2.12 bits per heavy atom. The minimum atomic E-state index is -0.137. The smallest absolute Gasteiger partial charge is 0.239 e. The number of amides is 1. The molecule has 0 saturated heterocycles. The molecule has 1 atom stereocenters. The number of hydrogen-bond acceptors (Lipinski definition) is 6. The van der Waals surface area contributed by atoms with Gasteiger partial charge in [0.15, 0.2) is 5.82 Å². The summed E-state index contributed by atoms with van der Waals surface area (Å²) in [6.07, 6.45) is 3.15. The second kappa shape index (κ2) is 7.27. The molecular formula is C17H20N6O2. The third-order valence-corrected chi connectivity index (χ3v) is 4.01. The van der Waals surface area contributed by atoms with Crippen LogP contribution in [0.2, 0.25) is 0 Å². The lowest BCUT2D eigenvalue weighted by atomic mass is 10.1. The molecule has 0 bridgehead atoms. The SMILES string of the molecule is Cc1cc(NC(=O)CN(C)[C@H](C)c2ccc(-n3cncn3)cc2)no1. The van der Waals surface area contributed by atoms with Crippen molar-refractivity contribution in [2.24, 2.45) is 0 Å². The van der Waals surface area contributed by atoms with Gasteiger partial charge in [-0.2, -0.15) is 5.10 Å². The summed E-state index contributed by atoms with van der Waals surface area (Å²) in [4.78, 5) is 18.0. The predicted octanol–water partition coefficient (Wildman–Crippen LogP) is 2.20. The number of benzene rings is 1. The maximum absolute atomic E-state index is 12.1. The Kier molecular flexibility index (Phi) is 4.90. The Morgan fingerprint density at radius 3 is 2.72 bits per heavy atom. The summed E-state index contributed by atoms with van der Waals surface area (Å²) in [5, 5.41) is 10.6. The number of anilines is 1. The molecule has 0 aliphatic carbocycles. The molecule has 0 radical (unpaired) electrons. The Balaban J connectivity index is 1.59. The summed E-state index contributed by atoms with van der Waals surface area (Å²) in [7, 11) is 1.91. The molecule has 0 spiro atoms. The second-order valence-electron chi connectivity index (χ2n) is 5.89. The zero-order valence-electron chi connectivity index (χ0n) is 14.4. The molecule has 2 aromatic heterocycles. The van der Waals surface area contributed by atoms with Crippen molar-refractivity contribution >= 4 is 11.7 Å². The average Bonchev–Trinajstić information content (AvgIpc) is 3.26. The fraction of sp³-hybridized carbons (Fsp3) is 0.294. The first-order valence-electron chi connectivity index (χ1n) is 7.91. The molecule has 0 aliphatic heterocycles. The van der Waals surface area contributed by atoms with Crippen molar-refractivity contribution in [3.63, 3.8) is 0 Å². The van der Waals surface area contributed by atoms with Gasteiger partial charge in [0.2, 0.25) is 5.91 Å². The average molecular weight is 340 g/mol. The van der Waals surface area contributed by atoms with Crippen molar-refractivity contribution in [1.82, 2.24) is 24.8 Å². The first-order valence-corrected chi connectivity index (χ1v) is 7.91. The number of carbonyl (C=O) groups excluding carboxylic acids is 1. The molecule has 25 heavy (non-hydrogen) atoms. The van der Waals surface area contributed by atoms with Gasteiger partial charge in [-0.05, 0) is 38.6 Å². The molecule has 0 fully saturated rings. The summed E-state index contributed by atoms with van der Waals surface area (Å²) in [6.45, 7) is 4.08. The van der Waals surface area contributed by atoms with Crippen molar-refractivity contribution < 1.29 is 9.32 Å². The first-order chi connectivity index (χ1) is 12.0. The van der Waals surface area contributed by atoms with Crippen LogP contribution in [-0.2, 0) is 4.79 Å². The largest absolute Gasteiger partial charge is 0.360 e. The normalized spacial score (nSPS) is 12.3. The van der Waals surface area contributed by atoms with Crippen molar-refractivity contribution in [3.05, 3.63) is 54.3 Å². The number of hydrogen-bond donors (Lipinski definition) is 1. The quantitative estimate of drug-likeness (QED) is 0.740. The van der Waals surface area contributed by atoms with Crippen LogP contribution in [0.5, 0.6) is 0 Å². The molecule has 130 valence electrons. The summed E-state index contributed by atoms with van der Waals surface area (Å²) in [5.41, 5.74) is 2.05. The van der Waals surface area contributed by atoms with E-state index in [1.54, 1.807) is 24.0 Å². The summed E-state index contributed by atoms with van der Waals surface area (Å²) >= 11 is 0. The van der Waals surface area contributed by atoms with Crippen LogP contribution in [0.15, 0.2) is 47.5 Å². The number of carbonyl (C=O) groups is 1. The second-order valence-corrected chi connectivity index (χ2v) is 5.89. The van der Waals surface area contributed by atoms with Gasteiger partial charge in [0.25, 0.3) is 0 Å². The zero-order chi connectivity index (χ0) is 17.8. The number of likely N-dealkylation sites (N-methyl/N-ethyl adjacent to an activating group) is 1. The third kappa shape index (κ3) is 4.10. The molecule has 0 aliphatic rings. The summed E-state index contributed by atoms with van der Waals surface area (Å²) in [6, 6.07) is 9.77. The Morgan fingerprint density at radius 1 is 1.36 bits per heavy atom. The van der Waals surface area contributed by atoms with E-state index in [4.69, 9.17) is 4.52 Å². The van der Waals surface area contributed by atoms with Gasteiger partial charge in [0.05, 0.1) is 12.2 Å². The topological polar surface area (TPSA) is 89.1 Å². The van der Waals surface area contributed by atoms with E-state index in [0.717, 1.165) is 11.3 Å². The van der Waals surface area contributed by atoms with E-state index >= 15 is 0 Å². The van der Waals surface area contributed by atoms with Gasteiger partial charge in [0, 0.05) is 12.1 Å². The highest BCUT2D eigenvalue weighted by Gasteiger charge is 2.16. The van der Waals surface area contributed by atoms with Gasteiger partial charge in [-0.15, -0.1) is 0 Å². The van der Waals surface area contributed by atoms with E-state index in [2.05, 4.69) is 27.5 Å². The molecule has 8 heteroatoms. The van der Waals surface area contributed by atoms with Crippen LogP contribution < -0.4 is 5.32 Å². The Bertz CT molecular complexity index is 825. The molecular weight excluding hydrogens is 320 g/mol. The van der Waals surface area contributed by atoms with Crippen molar-refractivity contribution in [2.75, 3.05) is 18.9 Å². The monoisotopic (exact) mass is 340 g/mol. The van der Waals surface area contributed by atoms with Crippen molar-refractivity contribution in [1.29, 1.82) is 0 Å². The van der Waals surface area contributed by atoms with Crippen LogP contribution in [0.4, 0.5) is 5.82 Å². The van der Waals surface area contributed by atoms with Gasteiger partial charge >= 0.3 is 0 Å². The van der Waals surface area contributed by atoms with Gasteiger partial charge in [-0.3, -0.25) is 9.69 Å². The van der Waals surface area contributed by atoms with E-state index < -0.39 is 0 Å². The van der Waals surface area contributed by atoms with Gasteiger partial charge in [-0.25, -0.2) is 9.67 Å². The van der Waals surface area contributed by atoms with Crippen LogP contribution in [0.1, 0.15) is 24.3 Å². The van der Waals surface area contributed by atoms with Crippen LogP contribution in [0.25, 0.3) is 5.69 Å². The van der Waals surface area contributed by atoms with Crippen LogP contribution in [0.3, 0.4) is 0 Å². The van der Waals surface area contributed by atoms with Crippen LogP contribution in [-0.4, -0.2) is 44.3 Å². The van der Waals surface area contributed by atoms with E-state index in [1.807, 2.05) is 36.2 Å². The van der Waals surface area contributed by atoms with Crippen molar-refractivity contribution in [2.45, 2.75) is 19.9 Å². The minimum absolute atomic E-state index is 0.0783. The fourth-order valence-corrected chi connectivity index (χ4v) is 2.47. The highest BCUT2D eigenvalue weighted by Crippen LogP contribution is 2.20. The zero-order valence-corrected chi connectivity index (χ0v) is 14.4. The lowest BCUT2D eigenvalue weighted by Crippen LogP contribution is -2.32. The number of nitrogens with zero attached hydrogens (tertiary/aromatic N) is 5. The first kappa shape index (κ1) is 16.8. The minimum Gasteiger partial charge on any atom is -0.360 e. The van der Waals surface area contributed by atoms with Crippen molar-refractivity contribution in [3.8, 4) is 5.69 Å². The van der Waals surface area contributed by atoms with E-state index in [0.29, 0.717) is 11.6 Å². The highest BCUT2D eigenvalue weighted by molar-refractivity contribution is 5.91. The van der Waals surface area contributed by atoms with E-state index in [1.165, 1.54) is 6.33 Å². The summed E-state index contributed by atoms with van der Waals surface area (Å²) < 4.78 is 6.64. The molecule has 3 aromatic rings. The molecule has 0 unspecified atom stereocenters. The number of rotatable bonds is 6. The molecule has 1 aromatic carbocycles. The van der Waals surface area contributed by atoms with E-state index in [9.17, 15) is 4.79 Å². The highest BCUT2D eigenvalue weighted by atomic mass is 16.5. The van der Waals surface area contributed by atoms with E-state index in [-0.39, 0.29) is 18.5 Å².